The Labute approximate surface area is 145 Å². The maximum Gasteiger partial charge on any atom is 0.242 e. The lowest BCUT2D eigenvalue weighted by Crippen LogP contribution is -2.39. The van der Waals surface area contributed by atoms with Gasteiger partial charge in [-0.05, 0) is 36.2 Å². The lowest BCUT2D eigenvalue weighted by molar-refractivity contribution is -0.117. The Morgan fingerprint density at radius 1 is 1.08 bits per heavy atom. The molecule has 3 aromatic rings. The molecule has 2 unspecified atom stereocenters. The van der Waals surface area contributed by atoms with Crippen molar-refractivity contribution in [3.63, 3.8) is 0 Å². The first-order valence-electron chi connectivity index (χ1n) is 8.25. The predicted molar refractivity (Wildman–Crippen MR) is 96.1 cm³/mol. The second-order valence-electron chi connectivity index (χ2n) is 6.05. The summed E-state index contributed by atoms with van der Waals surface area (Å²) in [5.41, 5.74) is 9.23. The first-order valence-corrected chi connectivity index (χ1v) is 8.25. The summed E-state index contributed by atoms with van der Waals surface area (Å²) in [5, 5.41) is 2.96. The fourth-order valence-electron chi connectivity index (χ4n) is 2.99. The van der Waals surface area contributed by atoms with Crippen LogP contribution < -0.4 is 16.2 Å². The van der Waals surface area contributed by atoms with E-state index in [2.05, 4.69) is 33.3 Å². The predicted octanol–water partition coefficient (Wildman–Crippen LogP) is 2.42. The monoisotopic (exact) mass is 333 g/mol. The Balaban J connectivity index is 1.38. The maximum absolute atomic E-state index is 12.5. The third-order valence-electron chi connectivity index (χ3n) is 4.36. The molecule has 2 atom stereocenters. The van der Waals surface area contributed by atoms with Crippen molar-refractivity contribution in [3.05, 3.63) is 78.9 Å². The number of aromatic nitrogens is 2. The second-order valence-corrected chi connectivity index (χ2v) is 6.05. The van der Waals surface area contributed by atoms with Crippen LogP contribution in [0.1, 0.15) is 18.0 Å². The molecule has 0 saturated carbocycles. The highest BCUT2D eigenvalue weighted by Gasteiger charge is 2.29. The zero-order valence-electron chi connectivity index (χ0n) is 13.6. The molecule has 25 heavy (non-hydrogen) atoms. The molecule has 1 saturated heterocycles. The summed E-state index contributed by atoms with van der Waals surface area (Å²) < 4.78 is 1.92. The molecule has 4 rings (SSSR count). The highest BCUT2D eigenvalue weighted by Crippen LogP contribution is 2.22. The fourth-order valence-corrected chi connectivity index (χ4v) is 2.99. The Hall–Kier alpha value is -2.96. The zero-order chi connectivity index (χ0) is 17.1. The molecule has 1 aromatic heterocycles. The van der Waals surface area contributed by atoms with Crippen molar-refractivity contribution in [1.29, 1.82) is 0 Å². The van der Waals surface area contributed by atoms with Crippen LogP contribution in [0.5, 0.6) is 0 Å². The molecular weight excluding hydrogens is 314 g/mol. The Morgan fingerprint density at radius 3 is 2.60 bits per heavy atom. The lowest BCUT2D eigenvalue weighted by atomic mass is 10.0. The number of amides is 1. The van der Waals surface area contributed by atoms with Crippen LogP contribution in [0.4, 0.5) is 5.69 Å². The van der Waals surface area contributed by atoms with E-state index in [9.17, 15) is 4.79 Å². The normalized spacial score (nSPS) is 19.7. The second kappa shape index (κ2) is 6.88. The molecule has 6 nitrogen and oxygen atoms in total. The third-order valence-corrected chi connectivity index (χ3v) is 4.36. The van der Waals surface area contributed by atoms with Crippen molar-refractivity contribution in [2.24, 2.45) is 0 Å². The fraction of sp³-hybridized carbons (Fsp3) is 0.158. The molecule has 0 aliphatic carbocycles. The van der Waals surface area contributed by atoms with Crippen molar-refractivity contribution in [3.8, 4) is 5.69 Å². The summed E-state index contributed by atoms with van der Waals surface area (Å²) >= 11 is 0. The molecule has 0 spiro atoms. The van der Waals surface area contributed by atoms with Crippen molar-refractivity contribution < 1.29 is 4.79 Å². The van der Waals surface area contributed by atoms with Gasteiger partial charge in [0.25, 0.3) is 0 Å². The number of hydrazine groups is 1. The van der Waals surface area contributed by atoms with Crippen LogP contribution in [0.2, 0.25) is 0 Å². The number of hydrogen-bond donors (Lipinski definition) is 3. The molecule has 6 heteroatoms. The zero-order valence-corrected chi connectivity index (χ0v) is 13.6. The Kier molecular flexibility index (Phi) is 4.28. The molecule has 1 aliphatic heterocycles. The van der Waals surface area contributed by atoms with E-state index in [-0.39, 0.29) is 18.0 Å². The number of nitrogens with zero attached hydrogens (tertiary/aromatic N) is 2. The van der Waals surface area contributed by atoms with Gasteiger partial charge in [-0.3, -0.25) is 4.79 Å². The van der Waals surface area contributed by atoms with Crippen molar-refractivity contribution in [2.75, 3.05) is 5.32 Å². The van der Waals surface area contributed by atoms with Gasteiger partial charge in [0.2, 0.25) is 5.91 Å². The summed E-state index contributed by atoms with van der Waals surface area (Å²) in [6, 6.07) is 17.7. The molecule has 2 aromatic carbocycles. The van der Waals surface area contributed by atoms with Crippen molar-refractivity contribution >= 4 is 11.6 Å². The number of rotatable bonds is 4. The first kappa shape index (κ1) is 15.6. The molecule has 2 heterocycles. The van der Waals surface area contributed by atoms with Crippen LogP contribution in [0.15, 0.2) is 73.3 Å². The average molecular weight is 333 g/mol. The van der Waals surface area contributed by atoms with Gasteiger partial charge in [-0.25, -0.2) is 15.8 Å². The van der Waals surface area contributed by atoms with Crippen LogP contribution in [0, 0.1) is 0 Å². The molecule has 3 N–H and O–H groups in total. The van der Waals surface area contributed by atoms with E-state index in [4.69, 9.17) is 0 Å². The number of carbonyl (C=O) groups excluding carboxylic acids is 1. The summed E-state index contributed by atoms with van der Waals surface area (Å²) in [7, 11) is 0. The minimum absolute atomic E-state index is 0.0405. The quantitative estimate of drug-likeness (QED) is 0.686. The molecule has 0 radical (unpaired) electrons. The average Bonchev–Trinajstić information content (AvgIpc) is 3.35. The number of imidazole rings is 1. The molecule has 1 aliphatic rings. The number of anilines is 1. The first-order chi connectivity index (χ1) is 12.3. The molecular formula is C19H19N5O. The van der Waals surface area contributed by atoms with Crippen LogP contribution in [-0.4, -0.2) is 21.5 Å². The highest BCUT2D eigenvalue weighted by atomic mass is 16.2. The van der Waals surface area contributed by atoms with Crippen molar-refractivity contribution in [1.82, 2.24) is 20.4 Å². The van der Waals surface area contributed by atoms with E-state index in [0.717, 1.165) is 11.4 Å². The molecule has 126 valence electrons. The van der Waals surface area contributed by atoms with Crippen LogP contribution in [0.3, 0.4) is 0 Å². The van der Waals surface area contributed by atoms with Gasteiger partial charge in [0.1, 0.15) is 6.04 Å². The smallest absolute Gasteiger partial charge is 0.242 e. The van der Waals surface area contributed by atoms with Gasteiger partial charge in [-0.1, -0.05) is 30.3 Å². The maximum atomic E-state index is 12.5. The standard InChI is InChI=1S/C19H19N5O/c25-19(18-12-17(22-23-18)14-4-2-1-3-5-14)21-15-6-8-16(9-7-15)24-11-10-20-13-24/h1-11,13,17-18,22-23H,12H2,(H,21,25). The molecule has 0 bridgehead atoms. The van der Waals surface area contributed by atoms with Gasteiger partial charge >= 0.3 is 0 Å². The van der Waals surface area contributed by atoms with Gasteiger partial charge in [0, 0.05) is 29.8 Å². The van der Waals surface area contributed by atoms with Gasteiger partial charge in [0.05, 0.1) is 6.33 Å². The molecule has 1 fully saturated rings. The summed E-state index contributed by atoms with van der Waals surface area (Å²) in [6.45, 7) is 0. The van der Waals surface area contributed by atoms with Gasteiger partial charge in [-0.15, -0.1) is 0 Å². The van der Waals surface area contributed by atoms with E-state index in [0.29, 0.717) is 6.42 Å². The third kappa shape index (κ3) is 3.45. The van der Waals surface area contributed by atoms with E-state index in [1.165, 1.54) is 5.56 Å². The largest absolute Gasteiger partial charge is 0.325 e. The summed E-state index contributed by atoms with van der Waals surface area (Å²) in [6.07, 6.45) is 6.07. The van der Waals surface area contributed by atoms with Crippen LogP contribution in [0.25, 0.3) is 5.69 Å². The highest BCUT2D eigenvalue weighted by molar-refractivity contribution is 5.95. The number of hydrogen-bond acceptors (Lipinski definition) is 4. The van der Waals surface area contributed by atoms with Crippen LogP contribution >= 0.6 is 0 Å². The van der Waals surface area contributed by atoms with Gasteiger partial charge in [-0.2, -0.15) is 0 Å². The van der Waals surface area contributed by atoms with E-state index in [1.807, 2.05) is 53.2 Å². The van der Waals surface area contributed by atoms with E-state index in [1.54, 1.807) is 12.5 Å². The molecule has 1 amide bonds. The Bertz CT molecular complexity index is 830. The van der Waals surface area contributed by atoms with Crippen molar-refractivity contribution in [2.45, 2.75) is 18.5 Å². The topological polar surface area (TPSA) is 71.0 Å². The van der Waals surface area contributed by atoms with E-state index >= 15 is 0 Å². The SMILES string of the molecule is O=C(Nc1ccc(-n2ccnc2)cc1)C1CC(c2ccccc2)NN1. The number of carbonyl (C=O) groups is 1. The van der Waals surface area contributed by atoms with Gasteiger partial charge < -0.3 is 9.88 Å². The minimum atomic E-state index is -0.265. The van der Waals surface area contributed by atoms with Crippen LogP contribution in [-0.2, 0) is 4.79 Å². The minimum Gasteiger partial charge on any atom is -0.325 e. The Morgan fingerprint density at radius 2 is 1.88 bits per heavy atom. The summed E-state index contributed by atoms with van der Waals surface area (Å²) in [5.74, 6) is -0.0405. The summed E-state index contributed by atoms with van der Waals surface area (Å²) in [4.78, 5) is 16.5. The van der Waals surface area contributed by atoms with Gasteiger partial charge in [0.15, 0.2) is 0 Å². The number of nitrogens with one attached hydrogen (secondary N) is 3. The lowest BCUT2D eigenvalue weighted by Gasteiger charge is -2.11. The van der Waals surface area contributed by atoms with E-state index < -0.39 is 0 Å². The number of benzene rings is 2.